The van der Waals surface area contributed by atoms with E-state index in [1.165, 1.54) is 7.11 Å². The number of carbonyl (C=O) groups is 1. The molecule has 0 rings (SSSR count). The fourth-order valence-corrected chi connectivity index (χ4v) is 1.93. The van der Waals surface area contributed by atoms with Gasteiger partial charge in [0, 0.05) is 18.8 Å². The van der Waals surface area contributed by atoms with Gasteiger partial charge in [-0.05, 0) is 13.2 Å². The highest BCUT2D eigenvalue weighted by atomic mass is 32.2. The number of rotatable bonds is 7. The molecule has 0 aliphatic heterocycles. The van der Waals surface area contributed by atoms with Crippen molar-refractivity contribution in [2.75, 3.05) is 32.2 Å². The van der Waals surface area contributed by atoms with E-state index in [1.54, 1.807) is 25.6 Å². The Hall–Kier alpha value is -0.260. The van der Waals surface area contributed by atoms with Crippen LogP contribution in [0.5, 0.6) is 0 Å². The lowest BCUT2D eigenvalue weighted by Gasteiger charge is -2.23. The van der Waals surface area contributed by atoms with Gasteiger partial charge in [0.15, 0.2) is 0 Å². The Morgan fingerprint density at radius 1 is 1.67 bits per heavy atom. The SMILES string of the molecule is COC(=O)C(C)CNCC(C)(O)CSC. The molecule has 0 amide bonds. The molecule has 0 bridgehead atoms. The van der Waals surface area contributed by atoms with Gasteiger partial charge in [-0.2, -0.15) is 11.8 Å². The first-order valence-electron chi connectivity index (χ1n) is 4.93. The van der Waals surface area contributed by atoms with E-state index < -0.39 is 5.60 Å². The van der Waals surface area contributed by atoms with Crippen LogP contribution in [0.15, 0.2) is 0 Å². The number of hydrogen-bond acceptors (Lipinski definition) is 5. The van der Waals surface area contributed by atoms with Gasteiger partial charge in [-0.15, -0.1) is 0 Å². The summed E-state index contributed by atoms with van der Waals surface area (Å²) < 4.78 is 4.60. The summed E-state index contributed by atoms with van der Waals surface area (Å²) in [5, 5.41) is 12.9. The van der Waals surface area contributed by atoms with Crippen molar-refractivity contribution in [1.29, 1.82) is 0 Å². The molecular formula is C10H21NO3S. The Bertz CT molecular complexity index is 197. The fraction of sp³-hybridized carbons (Fsp3) is 0.900. The smallest absolute Gasteiger partial charge is 0.309 e. The van der Waals surface area contributed by atoms with Crippen LogP contribution in [-0.4, -0.2) is 48.9 Å². The van der Waals surface area contributed by atoms with E-state index in [4.69, 9.17) is 0 Å². The van der Waals surface area contributed by atoms with Crippen LogP contribution in [0.2, 0.25) is 0 Å². The van der Waals surface area contributed by atoms with Crippen LogP contribution in [-0.2, 0) is 9.53 Å². The second-order valence-corrected chi connectivity index (χ2v) is 4.85. The zero-order chi connectivity index (χ0) is 11.9. The topological polar surface area (TPSA) is 58.6 Å². The molecular weight excluding hydrogens is 214 g/mol. The van der Waals surface area contributed by atoms with Gasteiger partial charge < -0.3 is 15.2 Å². The lowest BCUT2D eigenvalue weighted by molar-refractivity contribution is -0.144. The summed E-state index contributed by atoms with van der Waals surface area (Å²) in [6.07, 6.45) is 1.95. The van der Waals surface area contributed by atoms with Crippen LogP contribution in [0, 0.1) is 5.92 Å². The molecule has 0 saturated carbocycles. The van der Waals surface area contributed by atoms with Crippen molar-refractivity contribution in [2.24, 2.45) is 5.92 Å². The Balaban J connectivity index is 3.73. The molecule has 2 N–H and O–H groups in total. The molecule has 0 aromatic rings. The third kappa shape index (κ3) is 6.76. The molecule has 15 heavy (non-hydrogen) atoms. The summed E-state index contributed by atoms with van der Waals surface area (Å²) in [5.74, 6) is 0.263. The molecule has 90 valence electrons. The number of aliphatic hydroxyl groups is 1. The monoisotopic (exact) mass is 235 g/mol. The third-order valence-corrected chi connectivity index (χ3v) is 2.93. The normalized spacial score (nSPS) is 16.9. The number of carbonyl (C=O) groups excluding carboxylic acids is 1. The van der Waals surface area contributed by atoms with Crippen molar-refractivity contribution >= 4 is 17.7 Å². The zero-order valence-electron chi connectivity index (χ0n) is 9.87. The van der Waals surface area contributed by atoms with Crippen LogP contribution >= 0.6 is 11.8 Å². The van der Waals surface area contributed by atoms with Gasteiger partial charge in [0.25, 0.3) is 0 Å². The maximum atomic E-state index is 11.1. The largest absolute Gasteiger partial charge is 0.469 e. The van der Waals surface area contributed by atoms with Crippen molar-refractivity contribution in [3.05, 3.63) is 0 Å². The highest BCUT2D eigenvalue weighted by Crippen LogP contribution is 2.09. The molecule has 0 saturated heterocycles. The van der Waals surface area contributed by atoms with Gasteiger partial charge in [0.2, 0.25) is 0 Å². The van der Waals surface area contributed by atoms with Gasteiger partial charge >= 0.3 is 5.97 Å². The lowest BCUT2D eigenvalue weighted by Crippen LogP contribution is -2.42. The number of methoxy groups -OCH3 is 1. The van der Waals surface area contributed by atoms with Crippen molar-refractivity contribution in [3.63, 3.8) is 0 Å². The molecule has 0 aromatic heterocycles. The summed E-state index contributed by atoms with van der Waals surface area (Å²) >= 11 is 1.60. The lowest BCUT2D eigenvalue weighted by atomic mass is 10.1. The Labute approximate surface area is 95.8 Å². The number of esters is 1. The standard InChI is InChI=1S/C10H21NO3S/c1-8(9(12)14-3)5-11-6-10(2,13)7-15-4/h8,11,13H,5-7H2,1-4H3. The van der Waals surface area contributed by atoms with E-state index >= 15 is 0 Å². The van der Waals surface area contributed by atoms with Gasteiger partial charge in [-0.25, -0.2) is 0 Å². The maximum Gasteiger partial charge on any atom is 0.309 e. The van der Waals surface area contributed by atoms with Crippen LogP contribution < -0.4 is 5.32 Å². The third-order valence-electron chi connectivity index (χ3n) is 2.02. The van der Waals surface area contributed by atoms with Crippen LogP contribution in [0.25, 0.3) is 0 Å². The summed E-state index contributed by atoms with van der Waals surface area (Å²) in [5.41, 5.74) is -0.727. The van der Waals surface area contributed by atoms with Crippen LogP contribution in [0.1, 0.15) is 13.8 Å². The summed E-state index contributed by atoms with van der Waals surface area (Å²) in [4.78, 5) is 11.1. The number of nitrogens with one attached hydrogen (secondary N) is 1. The fourth-order valence-electron chi connectivity index (χ4n) is 1.20. The first-order chi connectivity index (χ1) is 6.93. The first kappa shape index (κ1) is 14.7. The summed E-state index contributed by atoms with van der Waals surface area (Å²) in [6, 6.07) is 0. The van der Waals surface area contributed by atoms with E-state index in [1.807, 2.05) is 6.26 Å². The first-order valence-corrected chi connectivity index (χ1v) is 6.32. The molecule has 4 nitrogen and oxygen atoms in total. The maximum absolute atomic E-state index is 11.1. The molecule has 2 atom stereocenters. The number of hydrogen-bond donors (Lipinski definition) is 2. The van der Waals surface area contributed by atoms with Crippen molar-refractivity contribution in [1.82, 2.24) is 5.32 Å². The highest BCUT2D eigenvalue weighted by molar-refractivity contribution is 7.98. The van der Waals surface area contributed by atoms with Crippen LogP contribution in [0.4, 0.5) is 0 Å². The van der Waals surface area contributed by atoms with Crippen molar-refractivity contribution in [3.8, 4) is 0 Å². The summed E-state index contributed by atoms with van der Waals surface area (Å²) in [6.45, 7) is 4.58. The second kappa shape index (κ2) is 7.09. The number of ether oxygens (including phenoxy) is 1. The Kier molecular flexibility index (Phi) is 6.96. The molecule has 0 aliphatic rings. The van der Waals surface area contributed by atoms with Crippen molar-refractivity contribution in [2.45, 2.75) is 19.4 Å². The molecule has 0 heterocycles. The minimum absolute atomic E-state index is 0.180. The molecule has 5 heteroatoms. The molecule has 2 unspecified atom stereocenters. The average Bonchev–Trinajstić information content (AvgIpc) is 2.15. The molecule has 0 aliphatic carbocycles. The average molecular weight is 235 g/mol. The molecule has 0 fully saturated rings. The van der Waals surface area contributed by atoms with E-state index in [0.717, 1.165) is 0 Å². The Morgan fingerprint density at radius 2 is 2.27 bits per heavy atom. The van der Waals surface area contributed by atoms with Gasteiger partial charge in [0.05, 0.1) is 18.6 Å². The minimum atomic E-state index is -0.727. The highest BCUT2D eigenvalue weighted by Gasteiger charge is 2.20. The predicted octanol–water partition coefficient (Wildman–Crippen LogP) is 0.499. The van der Waals surface area contributed by atoms with Gasteiger partial charge in [-0.3, -0.25) is 4.79 Å². The predicted molar refractivity (Wildman–Crippen MR) is 63.1 cm³/mol. The van der Waals surface area contributed by atoms with E-state index in [0.29, 0.717) is 18.8 Å². The summed E-state index contributed by atoms with van der Waals surface area (Å²) in [7, 11) is 1.38. The minimum Gasteiger partial charge on any atom is -0.469 e. The zero-order valence-corrected chi connectivity index (χ0v) is 10.7. The van der Waals surface area contributed by atoms with Crippen molar-refractivity contribution < 1.29 is 14.6 Å². The van der Waals surface area contributed by atoms with Gasteiger partial charge in [-0.1, -0.05) is 6.92 Å². The van der Waals surface area contributed by atoms with E-state index in [2.05, 4.69) is 10.1 Å². The molecule has 0 aromatic carbocycles. The van der Waals surface area contributed by atoms with E-state index in [-0.39, 0.29) is 11.9 Å². The quantitative estimate of drug-likeness (QED) is 0.629. The second-order valence-electron chi connectivity index (χ2n) is 3.99. The molecule has 0 radical (unpaired) electrons. The van der Waals surface area contributed by atoms with Gasteiger partial charge in [0.1, 0.15) is 0 Å². The van der Waals surface area contributed by atoms with E-state index in [9.17, 15) is 9.90 Å². The van der Waals surface area contributed by atoms with Crippen LogP contribution in [0.3, 0.4) is 0 Å². The number of thioether (sulfide) groups is 1. The molecule has 0 spiro atoms. The Morgan fingerprint density at radius 3 is 2.73 bits per heavy atom.